The molecule has 402 valence electrons. The van der Waals surface area contributed by atoms with Gasteiger partial charge in [-0.15, -0.1) is 0 Å². The Hall–Kier alpha value is -2.63. The quantitative estimate of drug-likeness (QED) is 0.0262. The zero-order chi connectivity index (χ0) is 50.0. The number of hydrogen-bond acceptors (Lipinski definition) is 6. The van der Waals surface area contributed by atoms with Gasteiger partial charge in [-0.1, -0.05) is 268 Å². The molecule has 0 spiro atoms. The number of esters is 3. The molecule has 1 atom stereocenters. The van der Waals surface area contributed by atoms with Crippen molar-refractivity contribution in [3.05, 3.63) is 48.6 Å². The van der Waals surface area contributed by atoms with Crippen LogP contribution in [0.1, 0.15) is 316 Å². The average molecular weight is 968 g/mol. The van der Waals surface area contributed by atoms with Crippen LogP contribution in [0, 0.1) is 0 Å². The van der Waals surface area contributed by atoms with E-state index in [1.807, 2.05) is 0 Å². The molecule has 0 aliphatic carbocycles. The molecule has 0 saturated heterocycles. The molecule has 69 heavy (non-hydrogen) atoms. The number of hydrogen-bond donors (Lipinski definition) is 0. The number of ether oxygens (including phenoxy) is 3. The van der Waals surface area contributed by atoms with Gasteiger partial charge in [0.1, 0.15) is 13.2 Å². The van der Waals surface area contributed by atoms with E-state index in [0.717, 1.165) is 77.0 Å². The number of rotatable bonds is 55. The Morgan fingerprint density at radius 3 is 0.899 bits per heavy atom. The van der Waals surface area contributed by atoms with E-state index in [2.05, 4.69) is 69.4 Å². The van der Waals surface area contributed by atoms with Gasteiger partial charge in [-0.05, 0) is 77.0 Å². The summed E-state index contributed by atoms with van der Waals surface area (Å²) in [6.45, 7) is 6.56. The molecular formula is C63H114O6. The summed E-state index contributed by atoms with van der Waals surface area (Å²) >= 11 is 0. The largest absolute Gasteiger partial charge is 0.462 e. The number of unbranched alkanes of at least 4 members (excludes halogenated alkanes) is 36. The zero-order valence-electron chi connectivity index (χ0n) is 46.1. The molecule has 0 fully saturated rings. The summed E-state index contributed by atoms with van der Waals surface area (Å²) in [4.78, 5) is 38.2. The molecule has 6 nitrogen and oxygen atoms in total. The maximum Gasteiger partial charge on any atom is 0.306 e. The first kappa shape index (κ1) is 66.4. The summed E-state index contributed by atoms with van der Waals surface area (Å²) in [5.41, 5.74) is 0. The van der Waals surface area contributed by atoms with Gasteiger partial charge < -0.3 is 14.2 Å². The summed E-state index contributed by atoms with van der Waals surface area (Å²) in [6, 6.07) is 0. The topological polar surface area (TPSA) is 78.9 Å². The third kappa shape index (κ3) is 56.2. The lowest BCUT2D eigenvalue weighted by Crippen LogP contribution is -2.30. The molecule has 0 heterocycles. The van der Waals surface area contributed by atoms with Gasteiger partial charge in [0.2, 0.25) is 0 Å². The molecule has 0 radical (unpaired) electrons. The molecule has 0 aliphatic heterocycles. The lowest BCUT2D eigenvalue weighted by molar-refractivity contribution is -0.167. The van der Waals surface area contributed by atoms with Crippen molar-refractivity contribution in [2.45, 2.75) is 322 Å². The van der Waals surface area contributed by atoms with Gasteiger partial charge in [0.05, 0.1) is 0 Å². The summed E-state index contributed by atoms with van der Waals surface area (Å²) in [5, 5.41) is 0. The lowest BCUT2D eigenvalue weighted by Gasteiger charge is -2.18. The Labute approximate surface area is 428 Å². The second-order valence-electron chi connectivity index (χ2n) is 20.2. The first-order valence-electron chi connectivity index (χ1n) is 30.1. The minimum absolute atomic E-state index is 0.0730. The molecule has 1 unspecified atom stereocenters. The van der Waals surface area contributed by atoms with Crippen LogP contribution in [-0.4, -0.2) is 37.2 Å². The van der Waals surface area contributed by atoms with Gasteiger partial charge in [-0.3, -0.25) is 14.4 Å². The fourth-order valence-corrected chi connectivity index (χ4v) is 8.81. The Morgan fingerprint density at radius 1 is 0.304 bits per heavy atom. The second kappa shape index (κ2) is 57.9. The van der Waals surface area contributed by atoms with Crippen molar-refractivity contribution in [3.8, 4) is 0 Å². The fourth-order valence-electron chi connectivity index (χ4n) is 8.81. The van der Waals surface area contributed by atoms with Crippen LogP contribution in [0.15, 0.2) is 48.6 Å². The molecule has 6 heteroatoms. The van der Waals surface area contributed by atoms with Gasteiger partial charge in [0.25, 0.3) is 0 Å². The molecule has 0 aromatic carbocycles. The predicted octanol–water partition coefficient (Wildman–Crippen LogP) is 20.2. The highest BCUT2D eigenvalue weighted by Crippen LogP contribution is 2.16. The Kier molecular flexibility index (Phi) is 55.7. The van der Waals surface area contributed by atoms with E-state index in [0.29, 0.717) is 19.3 Å². The number of allylic oxidation sites excluding steroid dienone is 8. The van der Waals surface area contributed by atoms with Crippen molar-refractivity contribution >= 4 is 17.9 Å². The Morgan fingerprint density at radius 2 is 0.565 bits per heavy atom. The van der Waals surface area contributed by atoms with Gasteiger partial charge >= 0.3 is 17.9 Å². The Balaban J connectivity index is 4.33. The van der Waals surface area contributed by atoms with Crippen molar-refractivity contribution < 1.29 is 28.6 Å². The minimum atomic E-state index is -0.775. The van der Waals surface area contributed by atoms with Crippen molar-refractivity contribution in [2.24, 2.45) is 0 Å². The number of carbonyl (C=O) groups is 3. The molecule has 0 N–H and O–H groups in total. The van der Waals surface area contributed by atoms with E-state index in [1.54, 1.807) is 0 Å². The van der Waals surface area contributed by atoms with E-state index in [-0.39, 0.29) is 31.1 Å². The molecule has 0 bridgehead atoms. The first-order valence-corrected chi connectivity index (χ1v) is 30.1. The van der Waals surface area contributed by atoms with Crippen LogP contribution in [0.4, 0.5) is 0 Å². The second-order valence-corrected chi connectivity index (χ2v) is 20.2. The SMILES string of the molecule is CC/C=C\C/C=C\C/C=C\CCCCCCCCCCCC(=O)OCC(COC(=O)CCCCCCCCCCCCCCC)OC(=O)CCCCCCCCC/C=C\CCCCCCCCCC. The van der Waals surface area contributed by atoms with E-state index < -0.39 is 6.10 Å². The van der Waals surface area contributed by atoms with Crippen molar-refractivity contribution in [2.75, 3.05) is 13.2 Å². The van der Waals surface area contributed by atoms with E-state index in [9.17, 15) is 14.4 Å². The van der Waals surface area contributed by atoms with E-state index >= 15 is 0 Å². The zero-order valence-corrected chi connectivity index (χ0v) is 46.1. The third-order valence-electron chi connectivity index (χ3n) is 13.3. The maximum atomic E-state index is 12.9. The molecule has 0 aromatic rings. The minimum Gasteiger partial charge on any atom is -0.462 e. The summed E-state index contributed by atoms with van der Waals surface area (Å²) < 4.78 is 16.9. The maximum absolute atomic E-state index is 12.9. The van der Waals surface area contributed by atoms with Gasteiger partial charge in [0.15, 0.2) is 6.10 Å². The van der Waals surface area contributed by atoms with Crippen molar-refractivity contribution in [3.63, 3.8) is 0 Å². The predicted molar refractivity (Wildman–Crippen MR) is 298 cm³/mol. The van der Waals surface area contributed by atoms with Gasteiger partial charge in [0, 0.05) is 19.3 Å². The lowest BCUT2D eigenvalue weighted by atomic mass is 10.0. The normalized spacial score (nSPS) is 12.3. The van der Waals surface area contributed by atoms with Gasteiger partial charge in [-0.25, -0.2) is 0 Å². The molecule has 0 saturated carbocycles. The summed E-state index contributed by atoms with van der Waals surface area (Å²) in [6.07, 6.45) is 71.0. The third-order valence-corrected chi connectivity index (χ3v) is 13.3. The highest BCUT2D eigenvalue weighted by molar-refractivity contribution is 5.71. The smallest absolute Gasteiger partial charge is 0.306 e. The van der Waals surface area contributed by atoms with Crippen molar-refractivity contribution in [1.82, 2.24) is 0 Å². The van der Waals surface area contributed by atoms with Crippen LogP contribution in [0.25, 0.3) is 0 Å². The first-order chi connectivity index (χ1) is 34.0. The van der Waals surface area contributed by atoms with Crippen LogP contribution in [0.2, 0.25) is 0 Å². The van der Waals surface area contributed by atoms with Crippen LogP contribution in [-0.2, 0) is 28.6 Å². The summed E-state index contributed by atoms with van der Waals surface area (Å²) in [7, 11) is 0. The monoisotopic (exact) mass is 967 g/mol. The molecule has 0 aliphatic rings. The molecule has 0 amide bonds. The van der Waals surface area contributed by atoms with E-state index in [1.165, 1.54) is 199 Å². The molecule has 0 aromatic heterocycles. The Bertz CT molecular complexity index is 1200. The number of carbonyl (C=O) groups excluding carboxylic acids is 3. The van der Waals surface area contributed by atoms with E-state index in [4.69, 9.17) is 14.2 Å². The molecule has 0 rings (SSSR count). The van der Waals surface area contributed by atoms with Gasteiger partial charge in [-0.2, -0.15) is 0 Å². The summed E-state index contributed by atoms with van der Waals surface area (Å²) in [5.74, 6) is -0.866. The van der Waals surface area contributed by atoms with Crippen LogP contribution in [0.3, 0.4) is 0 Å². The van der Waals surface area contributed by atoms with Crippen LogP contribution >= 0.6 is 0 Å². The fraction of sp³-hybridized carbons (Fsp3) is 0.825. The molecular weight excluding hydrogens is 853 g/mol. The highest BCUT2D eigenvalue weighted by Gasteiger charge is 2.19. The van der Waals surface area contributed by atoms with Crippen LogP contribution in [0.5, 0.6) is 0 Å². The standard InChI is InChI=1S/C63H114O6/c1-4-7-10-13-16-19-22-25-27-29-31-33-35-38-41-44-47-50-53-56-62(65)68-59-60(58-67-61(64)55-52-49-46-43-40-37-24-21-18-15-12-9-6-3)69-63(66)57-54-51-48-45-42-39-36-34-32-30-28-26-23-20-17-14-11-8-5-2/h7,10,16,19,25,27,30,32,60H,4-6,8-9,11-15,17-18,20-24,26,28-29,31,33-59H2,1-3H3/b10-7-,19-16-,27-25-,32-30-. The highest BCUT2D eigenvalue weighted by atomic mass is 16.6. The van der Waals surface area contributed by atoms with Crippen LogP contribution < -0.4 is 0 Å². The van der Waals surface area contributed by atoms with Crippen molar-refractivity contribution in [1.29, 1.82) is 0 Å². The average Bonchev–Trinajstić information content (AvgIpc) is 3.35.